The van der Waals surface area contributed by atoms with Crippen LogP contribution in [0.25, 0.3) is 10.9 Å². The highest BCUT2D eigenvalue weighted by molar-refractivity contribution is 7.91. The number of rotatable bonds is 7. The van der Waals surface area contributed by atoms with Gasteiger partial charge >= 0.3 is 6.36 Å². The lowest BCUT2D eigenvalue weighted by molar-refractivity contribution is -0.274. The predicted octanol–water partition coefficient (Wildman–Crippen LogP) is 6.03. The average Bonchev–Trinajstić information content (AvgIpc) is 2.96. The van der Waals surface area contributed by atoms with Gasteiger partial charge in [0.2, 0.25) is 9.84 Å². The number of piperidine rings is 1. The molecule has 0 atom stereocenters. The minimum atomic E-state index is -4.93. The highest BCUT2D eigenvalue weighted by Crippen LogP contribution is 2.42. The largest absolute Gasteiger partial charge is 0.573 e. The van der Waals surface area contributed by atoms with Gasteiger partial charge in [0.05, 0.1) is 28.8 Å². The maximum atomic E-state index is 13.9. The van der Waals surface area contributed by atoms with E-state index in [0.29, 0.717) is 11.3 Å². The van der Waals surface area contributed by atoms with Crippen LogP contribution in [0.1, 0.15) is 30.9 Å². The number of fused-ring (bicyclic) bond motifs is 1. The summed E-state index contributed by atoms with van der Waals surface area (Å²) >= 11 is 0. The van der Waals surface area contributed by atoms with Gasteiger partial charge in [0.1, 0.15) is 16.4 Å². The van der Waals surface area contributed by atoms with Crippen molar-refractivity contribution >= 4 is 26.4 Å². The van der Waals surface area contributed by atoms with Crippen LogP contribution in [0.3, 0.4) is 0 Å². The van der Waals surface area contributed by atoms with Gasteiger partial charge in [-0.25, -0.2) is 8.42 Å². The molecule has 4 aromatic rings. The van der Waals surface area contributed by atoms with E-state index < -0.39 is 27.6 Å². The van der Waals surface area contributed by atoms with E-state index in [9.17, 15) is 26.7 Å². The van der Waals surface area contributed by atoms with Crippen LogP contribution in [0.15, 0.2) is 82.7 Å². The molecule has 3 aromatic carbocycles. The highest BCUT2D eigenvalue weighted by atomic mass is 32.2. The molecule has 216 valence electrons. The van der Waals surface area contributed by atoms with Crippen LogP contribution in [0.2, 0.25) is 0 Å². The molecule has 41 heavy (non-hydrogen) atoms. The quantitative estimate of drug-likeness (QED) is 0.283. The van der Waals surface area contributed by atoms with Gasteiger partial charge in [0.25, 0.3) is 0 Å². The number of hydrogen-bond acceptors (Lipinski definition) is 7. The third-order valence-electron chi connectivity index (χ3n) is 7.48. The second-order valence-corrected chi connectivity index (χ2v) is 11.9. The second kappa shape index (κ2) is 10.9. The number of hydrogen-bond donors (Lipinski definition) is 1. The molecular weight excluding hydrogens is 557 g/mol. The number of aliphatic hydroxyl groups is 1. The van der Waals surface area contributed by atoms with Gasteiger partial charge in [-0.1, -0.05) is 31.2 Å². The maximum absolute atomic E-state index is 13.9. The van der Waals surface area contributed by atoms with Crippen LogP contribution in [0.5, 0.6) is 11.5 Å². The highest BCUT2D eigenvalue weighted by Gasteiger charge is 2.37. The Hall–Kier alpha value is -3.83. The van der Waals surface area contributed by atoms with Crippen molar-refractivity contribution in [2.24, 2.45) is 0 Å². The SMILES string of the molecule is CCc1ccc(C2(O)CCN(c3c(S(=O)(=O)c4ccc(OC)cc4)cnc4ccc(OC(F)(F)F)cc34)CC2)cc1. The Morgan fingerprint density at radius 3 is 2.20 bits per heavy atom. The van der Waals surface area contributed by atoms with E-state index in [0.717, 1.165) is 29.7 Å². The lowest BCUT2D eigenvalue weighted by Gasteiger charge is -2.40. The molecule has 1 fully saturated rings. The van der Waals surface area contributed by atoms with Crippen molar-refractivity contribution in [3.05, 3.63) is 84.1 Å². The number of halogens is 3. The molecule has 1 aromatic heterocycles. The number of aryl methyl sites for hydroxylation is 1. The summed E-state index contributed by atoms with van der Waals surface area (Å²) < 4.78 is 76.3. The molecule has 2 heterocycles. The van der Waals surface area contributed by atoms with Crippen molar-refractivity contribution in [2.45, 2.75) is 47.9 Å². The lowest BCUT2D eigenvalue weighted by atomic mass is 9.84. The zero-order chi connectivity index (χ0) is 29.4. The van der Waals surface area contributed by atoms with Crippen molar-refractivity contribution in [2.75, 3.05) is 25.1 Å². The molecule has 5 rings (SSSR count). The number of methoxy groups -OCH3 is 1. The van der Waals surface area contributed by atoms with Crippen molar-refractivity contribution in [1.29, 1.82) is 0 Å². The van der Waals surface area contributed by atoms with Gasteiger partial charge in [-0.15, -0.1) is 13.2 Å². The Morgan fingerprint density at radius 1 is 0.976 bits per heavy atom. The second-order valence-electron chi connectivity index (χ2n) is 9.95. The summed E-state index contributed by atoms with van der Waals surface area (Å²) in [4.78, 5) is 5.88. The Kier molecular flexibility index (Phi) is 7.60. The average molecular weight is 587 g/mol. The number of ether oxygens (including phenoxy) is 2. The molecule has 0 aliphatic carbocycles. The monoisotopic (exact) mass is 586 g/mol. The van der Waals surface area contributed by atoms with Gasteiger partial charge in [-0.3, -0.25) is 4.98 Å². The zero-order valence-corrected chi connectivity index (χ0v) is 23.3. The third-order valence-corrected chi connectivity index (χ3v) is 9.25. The summed E-state index contributed by atoms with van der Waals surface area (Å²) in [6, 6.07) is 17.2. The fourth-order valence-electron chi connectivity index (χ4n) is 5.18. The first kappa shape index (κ1) is 28.7. The number of alkyl halides is 3. The van der Waals surface area contributed by atoms with Crippen LogP contribution in [0, 0.1) is 0 Å². The van der Waals surface area contributed by atoms with E-state index >= 15 is 0 Å². The van der Waals surface area contributed by atoms with Crippen LogP contribution >= 0.6 is 0 Å². The van der Waals surface area contributed by atoms with Crippen LogP contribution in [-0.2, 0) is 21.9 Å². The fourth-order valence-corrected chi connectivity index (χ4v) is 6.61. The number of pyridine rings is 1. The first-order valence-electron chi connectivity index (χ1n) is 13.1. The Labute approximate surface area is 236 Å². The summed E-state index contributed by atoms with van der Waals surface area (Å²) in [6.45, 7) is 2.55. The van der Waals surface area contributed by atoms with E-state index in [1.54, 1.807) is 4.90 Å². The first-order chi connectivity index (χ1) is 19.4. The van der Waals surface area contributed by atoms with Gasteiger partial charge in [-0.2, -0.15) is 0 Å². The number of nitrogens with zero attached hydrogens (tertiary/aromatic N) is 2. The molecule has 1 aliphatic heterocycles. The van der Waals surface area contributed by atoms with Gasteiger partial charge in [-0.05, 0) is 72.9 Å². The predicted molar refractivity (Wildman–Crippen MR) is 148 cm³/mol. The first-order valence-corrected chi connectivity index (χ1v) is 14.6. The Bertz CT molecular complexity index is 1650. The summed E-state index contributed by atoms with van der Waals surface area (Å²) in [6.07, 6.45) is -2.27. The van der Waals surface area contributed by atoms with Crippen molar-refractivity contribution < 1.29 is 36.2 Å². The van der Waals surface area contributed by atoms with E-state index in [1.165, 1.54) is 43.6 Å². The summed E-state index contributed by atoms with van der Waals surface area (Å²) in [7, 11) is -2.69. The molecule has 0 saturated carbocycles. The molecule has 11 heteroatoms. The molecule has 1 N–H and O–H groups in total. The maximum Gasteiger partial charge on any atom is 0.573 e. The lowest BCUT2D eigenvalue weighted by Crippen LogP contribution is -2.43. The third kappa shape index (κ3) is 5.82. The normalized spacial score (nSPS) is 15.6. The van der Waals surface area contributed by atoms with Crippen molar-refractivity contribution in [1.82, 2.24) is 4.98 Å². The molecule has 1 aliphatic rings. The molecule has 0 bridgehead atoms. The van der Waals surface area contributed by atoms with Crippen molar-refractivity contribution in [3.63, 3.8) is 0 Å². The zero-order valence-electron chi connectivity index (χ0n) is 22.5. The van der Waals surface area contributed by atoms with E-state index in [-0.39, 0.29) is 46.8 Å². The van der Waals surface area contributed by atoms with Gasteiger partial charge < -0.3 is 19.5 Å². The minimum Gasteiger partial charge on any atom is -0.497 e. The molecule has 0 radical (unpaired) electrons. The van der Waals surface area contributed by atoms with Crippen LogP contribution < -0.4 is 14.4 Å². The summed E-state index contributed by atoms with van der Waals surface area (Å²) in [5.41, 5.74) is 1.29. The van der Waals surface area contributed by atoms with Gasteiger partial charge in [0, 0.05) is 24.7 Å². The summed E-state index contributed by atoms with van der Waals surface area (Å²) in [5.74, 6) is -0.0198. The molecule has 0 amide bonds. The Balaban J connectivity index is 1.59. The van der Waals surface area contributed by atoms with Gasteiger partial charge in [0.15, 0.2) is 0 Å². The van der Waals surface area contributed by atoms with Crippen LogP contribution in [-0.4, -0.2) is 45.1 Å². The number of sulfone groups is 1. The summed E-state index contributed by atoms with van der Waals surface area (Å²) in [5, 5.41) is 11.7. The smallest absolute Gasteiger partial charge is 0.497 e. The van der Waals surface area contributed by atoms with E-state index in [1.807, 2.05) is 31.2 Å². The van der Waals surface area contributed by atoms with Crippen molar-refractivity contribution in [3.8, 4) is 11.5 Å². The minimum absolute atomic E-state index is 0.0204. The van der Waals surface area contributed by atoms with E-state index in [2.05, 4.69) is 9.72 Å². The van der Waals surface area contributed by atoms with Crippen LogP contribution in [0.4, 0.5) is 18.9 Å². The molecule has 0 spiro atoms. The molecular formula is C30H29F3N2O5S. The standard InChI is InChI=1S/C30H29F3N2O5S/c1-3-20-4-6-21(7-5-20)29(36)14-16-35(17-15-29)28-25-18-23(40-30(31,32)33)10-13-26(25)34-19-27(28)41(37,38)24-11-8-22(39-2)9-12-24/h4-13,18-19,36H,3,14-17H2,1-2H3. The van der Waals surface area contributed by atoms with E-state index in [4.69, 9.17) is 4.74 Å². The fraction of sp³-hybridized carbons (Fsp3) is 0.300. The Morgan fingerprint density at radius 2 is 1.61 bits per heavy atom. The number of benzene rings is 3. The molecule has 1 saturated heterocycles. The molecule has 0 unspecified atom stereocenters. The number of anilines is 1. The topological polar surface area (TPSA) is 89.0 Å². The molecule has 7 nitrogen and oxygen atoms in total. The number of aromatic nitrogens is 1.